The van der Waals surface area contributed by atoms with E-state index in [4.69, 9.17) is 4.74 Å². The minimum absolute atomic E-state index is 0.0679. The van der Waals surface area contributed by atoms with Crippen molar-refractivity contribution in [2.24, 2.45) is 5.92 Å². The molecule has 1 heterocycles. The van der Waals surface area contributed by atoms with Gasteiger partial charge < -0.3 is 15.0 Å². The lowest BCUT2D eigenvalue weighted by molar-refractivity contribution is -0.127. The third-order valence-corrected chi connectivity index (χ3v) is 5.34. The van der Waals surface area contributed by atoms with E-state index < -0.39 is 0 Å². The molecule has 0 saturated carbocycles. The van der Waals surface area contributed by atoms with Gasteiger partial charge in [0.15, 0.2) is 0 Å². The van der Waals surface area contributed by atoms with Crippen LogP contribution in [0.5, 0.6) is 0 Å². The second-order valence-corrected chi connectivity index (χ2v) is 7.45. The van der Waals surface area contributed by atoms with Crippen LogP contribution in [0.3, 0.4) is 0 Å². The summed E-state index contributed by atoms with van der Waals surface area (Å²) in [7, 11) is 1.59. The molecule has 1 saturated heterocycles. The van der Waals surface area contributed by atoms with Gasteiger partial charge in [-0.2, -0.15) is 0 Å². The molecule has 0 radical (unpaired) electrons. The van der Waals surface area contributed by atoms with Crippen molar-refractivity contribution in [1.29, 1.82) is 0 Å². The van der Waals surface area contributed by atoms with E-state index >= 15 is 0 Å². The molecule has 6 heteroatoms. The predicted octanol–water partition coefficient (Wildman–Crippen LogP) is 3.49. The summed E-state index contributed by atoms with van der Waals surface area (Å²) in [4.78, 5) is 27.6. The Kier molecular flexibility index (Phi) is 6.99. The van der Waals surface area contributed by atoms with Crippen molar-refractivity contribution in [1.82, 2.24) is 10.2 Å². The number of methoxy groups -OCH3 is 1. The van der Waals surface area contributed by atoms with Crippen LogP contribution in [-0.4, -0.2) is 43.5 Å². The fourth-order valence-corrected chi connectivity index (χ4v) is 3.81. The predicted molar refractivity (Wildman–Crippen MR) is 109 cm³/mol. The van der Waals surface area contributed by atoms with Gasteiger partial charge in [0.25, 0.3) is 5.91 Å². The summed E-state index contributed by atoms with van der Waals surface area (Å²) in [5.74, 6) is -0.921. The monoisotopic (exact) mass is 398 g/mol. The molecular weight excluding hydrogens is 371 g/mol. The van der Waals surface area contributed by atoms with Crippen molar-refractivity contribution in [2.45, 2.75) is 25.8 Å². The van der Waals surface area contributed by atoms with Gasteiger partial charge in [0.2, 0.25) is 5.91 Å². The average Bonchev–Trinajstić information content (AvgIpc) is 2.73. The van der Waals surface area contributed by atoms with E-state index in [-0.39, 0.29) is 29.6 Å². The molecule has 0 spiro atoms. The van der Waals surface area contributed by atoms with Crippen LogP contribution in [0, 0.1) is 18.7 Å². The van der Waals surface area contributed by atoms with E-state index in [0.29, 0.717) is 38.1 Å². The summed E-state index contributed by atoms with van der Waals surface area (Å²) in [6.07, 6.45) is 1.39. The van der Waals surface area contributed by atoms with Gasteiger partial charge in [-0.1, -0.05) is 29.8 Å². The smallest absolute Gasteiger partial charge is 0.254 e. The molecule has 0 aromatic heterocycles. The van der Waals surface area contributed by atoms with Crippen molar-refractivity contribution in [2.75, 3.05) is 26.8 Å². The van der Waals surface area contributed by atoms with Crippen LogP contribution in [-0.2, 0) is 9.53 Å². The molecule has 0 aliphatic carbocycles. The van der Waals surface area contributed by atoms with Gasteiger partial charge in [0, 0.05) is 25.8 Å². The zero-order chi connectivity index (χ0) is 20.8. The van der Waals surface area contributed by atoms with Gasteiger partial charge in [0.05, 0.1) is 18.6 Å². The minimum atomic E-state index is -0.383. The van der Waals surface area contributed by atoms with Crippen LogP contribution in [0.1, 0.15) is 40.4 Å². The van der Waals surface area contributed by atoms with Crippen molar-refractivity contribution in [3.63, 3.8) is 0 Å². The number of likely N-dealkylation sites (tertiary alicyclic amines) is 1. The summed E-state index contributed by atoms with van der Waals surface area (Å²) >= 11 is 0. The Morgan fingerprint density at radius 3 is 2.62 bits per heavy atom. The van der Waals surface area contributed by atoms with Crippen LogP contribution < -0.4 is 5.32 Å². The van der Waals surface area contributed by atoms with Crippen LogP contribution in [0.25, 0.3) is 0 Å². The summed E-state index contributed by atoms with van der Waals surface area (Å²) in [5.41, 5.74) is 2.60. The molecule has 0 unspecified atom stereocenters. The van der Waals surface area contributed by atoms with E-state index in [1.807, 2.05) is 25.1 Å². The van der Waals surface area contributed by atoms with Gasteiger partial charge in [-0.15, -0.1) is 0 Å². The number of halogens is 1. The molecule has 29 heavy (non-hydrogen) atoms. The van der Waals surface area contributed by atoms with E-state index in [2.05, 4.69) is 11.4 Å². The zero-order valence-corrected chi connectivity index (χ0v) is 16.9. The van der Waals surface area contributed by atoms with E-state index in [1.165, 1.54) is 24.3 Å². The number of aryl methyl sites for hydroxylation is 1. The standard InChI is InChI=1S/C23H27FN2O3/c1-16-4-3-5-18(14-16)21-11-8-19(22(27)25-12-13-29-2)15-26(21)23(28)17-6-9-20(24)10-7-17/h3-7,9-10,14,19,21H,8,11-13,15H2,1-2H3,(H,25,27)/t19-,21+/m1/s1. The molecule has 3 rings (SSSR count). The Labute approximate surface area is 170 Å². The normalized spacial score (nSPS) is 19.1. The van der Waals surface area contributed by atoms with Gasteiger partial charge in [-0.25, -0.2) is 4.39 Å². The van der Waals surface area contributed by atoms with Crippen molar-refractivity contribution in [3.05, 3.63) is 71.0 Å². The highest BCUT2D eigenvalue weighted by Gasteiger charge is 2.35. The Morgan fingerprint density at radius 1 is 1.17 bits per heavy atom. The second kappa shape index (κ2) is 9.65. The highest BCUT2D eigenvalue weighted by Crippen LogP contribution is 2.35. The summed E-state index contributed by atoms with van der Waals surface area (Å²) in [5, 5.41) is 2.87. The molecule has 2 aromatic rings. The fourth-order valence-electron chi connectivity index (χ4n) is 3.81. The maximum Gasteiger partial charge on any atom is 0.254 e. The lowest BCUT2D eigenvalue weighted by Gasteiger charge is -2.39. The lowest BCUT2D eigenvalue weighted by atomic mass is 9.87. The number of hydrogen-bond acceptors (Lipinski definition) is 3. The number of rotatable bonds is 6. The Bertz CT molecular complexity index is 853. The quantitative estimate of drug-likeness (QED) is 0.758. The Hall–Kier alpha value is -2.73. The molecule has 1 fully saturated rings. The van der Waals surface area contributed by atoms with Crippen LogP contribution in [0.4, 0.5) is 4.39 Å². The third kappa shape index (κ3) is 5.21. The number of nitrogens with one attached hydrogen (secondary N) is 1. The summed E-state index contributed by atoms with van der Waals surface area (Å²) < 4.78 is 18.3. The molecule has 0 bridgehead atoms. The molecule has 2 amide bonds. The Morgan fingerprint density at radius 2 is 1.93 bits per heavy atom. The highest BCUT2D eigenvalue weighted by atomic mass is 19.1. The fraction of sp³-hybridized carbons (Fsp3) is 0.391. The first-order chi connectivity index (χ1) is 14.0. The third-order valence-electron chi connectivity index (χ3n) is 5.34. The van der Waals surface area contributed by atoms with Crippen LogP contribution >= 0.6 is 0 Å². The molecule has 2 atom stereocenters. The number of carbonyl (C=O) groups is 2. The number of benzene rings is 2. The maximum atomic E-state index is 13.3. The molecule has 1 aliphatic heterocycles. The molecule has 1 aliphatic rings. The molecule has 5 nitrogen and oxygen atoms in total. The van der Waals surface area contributed by atoms with Crippen LogP contribution in [0.2, 0.25) is 0 Å². The highest BCUT2D eigenvalue weighted by molar-refractivity contribution is 5.95. The summed E-state index contributed by atoms with van der Waals surface area (Å²) in [6, 6.07) is 13.5. The largest absolute Gasteiger partial charge is 0.383 e. The van der Waals surface area contributed by atoms with E-state index in [0.717, 1.165) is 11.1 Å². The first kappa shape index (κ1) is 21.0. The number of hydrogen-bond donors (Lipinski definition) is 1. The first-order valence-corrected chi connectivity index (χ1v) is 9.89. The van der Waals surface area contributed by atoms with Gasteiger partial charge >= 0.3 is 0 Å². The van der Waals surface area contributed by atoms with E-state index in [9.17, 15) is 14.0 Å². The topological polar surface area (TPSA) is 58.6 Å². The van der Waals surface area contributed by atoms with Gasteiger partial charge in [-0.3, -0.25) is 9.59 Å². The first-order valence-electron chi connectivity index (χ1n) is 9.89. The SMILES string of the molecule is COCCNC(=O)[C@@H]1CC[C@@H](c2cccc(C)c2)N(C(=O)c2ccc(F)cc2)C1. The van der Waals surface area contributed by atoms with Gasteiger partial charge in [-0.05, 0) is 49.6 Å². The molecule has 1 N–H and O–H groups in total. The van der Waals surface area contributed by atoms with Gasteiger partial charge in [0.1, 0.15) is 5.82 Å². The van der Waals surface area contributed by atoms with Crippen molar-refractivity contribution < 1.29 is 18.7 Å². The number of piperidine rings is 1. The van der Waals surface area contributed by atoms with Crippen LogP contribution in [0.15, 0.2) is 48.5 Å². The maximum absolute atomic E-state index is 13.3. The number of amides is 2. The molecular formula is C23H27FN2O3. The summed E-state index contributed by atoms with van der Waals surface area (Å²) in [6.45, 7) is 3.24. The molecule has 2 aromatic carbocycles. The molecule has 154 valence electrons. The van der Waals surface area contributed by atoms with Crippen molar-refractivity contribution >= 4 is 11.8 Å². The van der Waals surface area contributed by atoms with Crippen molar-refractivity contribution in [3.8, 4) is 0 Å². The minimum Gasteiger partial charge on any atom is -0.383 e. The number of ether oxygens (including phenoxy) is 1. The Balaban J connectivity index is 1.84. The second-order valence-electron chi connectivity index (χ2n) is 7.45. The number of nitrogens with zero attached hydrogens (tertiary/aromatic N) is 1. The zero-order valence-electron chi connectivity index (χ0n) is 16.9. The average molecular weight is 398 g/mol. The van der Waals surface area contributed by atoms with E-state index in [1.54, 1.807) is 12.0 Å². The lowest BCUT2D eigenvalue weighted by Crippen LogP contribution is -2.47. The number of carbonyl (C=O) groups excluding carboxylic acids is 2.